The normalized spacial score (nSPS) is 12.9. The van der Waals surface area contributed by atoms with Crippen LogP contribution >= 0.6 is 0 Å². The van der Waals surface area contributed by atoms with Gasteiger partial charge in [-0.05, 0) is 61.4 Å². The first kappa shape index (κ1) is 17.5. The molecule has 0 unspecified atom stereocenters. The number of rotatable bonds is 7. The lowest BCUT2D eigenvalue weighted by molar-refractivity contribution is -0.139. The van der Waals surface area contributed by atoms with Crippen molar-refractivity contribution in [2.75, 3.05) is 17.2 Å². The molecular weight excluding hydrogens is 336 g/mol. The van der Waals surface area contributed by atoms with E-state index in [1.165, 1.54) is 0 Å². The third-order valence-corrected chi connectivity index (χ3v) is 3.84. The van der Waals surface area contributed by atoms with Gasteiger partial charge >= 0.3 is 5.97 Å². The molecule has 3 N–H and O–H groups in total. The minimum absolute atomic E-state index is 0.0207. The SMILES string of the molecule is O=C(O)COc1ccc(NC(=O)c2ccc(NC(=O)C3CC3)cc2)cc1. The number of carbonyl (C=O) groups excluding carboxylic acids is 2. The maximum absolute atomic E-state index is 12.3. The van der Waals surface area contributed by atoms with Crippen molar-refractivity contribution in [3.05, 3.63) is 54.1 Å². The van der Waals surface area contributed by atoms with E-state index in [-0.39, 0.29) is 17.7 Å². The molecule has 1 aliphatic carbocycles. The van der Waals surface area contributed by atoms with Crippen molar-refractivity contribution in [1.29, 1.82) is 0 Å². The number of benzene rings is 2. The highest BCUT2D eigenvalue weighted by atomic mass is 16.5. The molecule has 2 aromatic rings. The van der Waals surface area contributed by atoms with Crippen LogP contribution in [0.5, 0.6) is 5.75 Å². The summed E-state index contributed by atoms with van der Waals surface area (Å²) in [5, 5.41) is 14.1. The lowest BCUT2D eigenvalue weighted by atomic mass is 10.2. The van der Waals surface area contributed by atoms with E-state index in [9.17, 15) is 14.4 Å². The Hall–Kier alpha value is -3.35. The molecule has 2 aromatic carbocycles. The van der Waals surface area contributed by atoms with Crippen LogP contribution in [0, 0.1) is 5.92 Å². The van der Waals surface area contributed by atoms with Crippen molar-refractivity contribution >= 4 is 29.2 Å². The summed E-state index contributed by atoms with van der Waals surface area (Å²) in [6, 6.07) is 13.1. The minimum atomic E-state index is -1.06. The summed E-state index contributed by atoms with van der Waals surface area (Å²) in [6.45, 7) is -0.421. The molecule has 134 valence electrons. The number of amides is 2. The number of aliphatic carboxylic acids is 1. The standard InChI is InChI=1S/C19H18N2O5/c22-17(23)11-26-16-9-7-15(8-10-16)21-19(25)13-3-5-14(6-4-13)20-18(24)12-1-2-12/h3-10,12H,1-2,11H2,(H,20,24)(H,21,25)(H,22,23). The largest absolute Gasteiger partial charge is 0.482 e. The number of carbonyl (C=O) groups is 3. The van der Waals surface area contributed by atoms with Gasteiger partial charge in [-0.25, -0.2) is 4.79 Å². The average molecular weight is 354 g/mol. The molecular formula is C19H18N2O5. The molecule has 0 heterocycles. The number of carboxylic acid groups (broad SMARTS) is 1. The van der Waals surface area contributed by atoms with Crippen LogP contribution in [-0.4, -0.2) is 29.5 Å². The van der Waals surface area contributed by atoms with Crippen molar-refractivity contribution in [3.8, 4) is 5.75 Å². The Morgan fingerprint density at radius 2 is 1.50 bits per heavy atom. The second kappa shape index (κ2) is 7.69. The van der Waals surface area contributed by atoms with Gasteiger partial charge < -0.3 is 20.5 Å². The quantitative estimate of drug-likeness (QED) is 0.709. The van der Waals surface area contributed by atoms with E-state index >= 15 is 0 Å². The third kappa shape index (κ3) is 4.83. The van der Waals surface area contributed by atoms with Crippen LogP contribution in [0.3, 0.4) is 0 Å². The van der Waals surface area contributed by atoms with Crippen LogP contribution in [0.2, 0.25) is 0 Å². The molecule has 0 spiro atoms. The molecule has 1 fully saturated rings. The fraction of sp³-hybridized carbons (Fsp3) is 0.211. The number of nitrogens with one attached hydrogen (secondary N) is 2. The van der Waals surface area contributed by atoms with Gasteiger partial charge in [0.05, 0.1) is 0 Å². The van der Waals surface area contributed by atoms with Crippen LogP contribution in [0.25, 0.3) is 0 Å². The number of hydrogen-bond acceptors (Lipinski definition) is 4. The topological polar surface area (TPSA) is 105 Å². The molecule has 0 radical (unpaired) electrons. The van der Waals surface area contributed by atoms with Gasteiger partial charge in [0, 0.05) is 22.9 Å². The first-order valence-corrected chi connectivity index (χ1v) is 8.18. The predicted octanol–water partition coefficient (Wildman–Crippen LogP) is 2.75. The molecule has 0 aromatic heterocycles. The molecule has 1 saturated carbocycles. The molecule has 7 heteroatoms. The second-order valence-electron chi connectivity index (χ2n) is 6.00. The van der Waals surface area contributed by atoms with Crippen molar-refractivity contribution in [2.45, 2.75) is 12.8 Å². The molecule has 0 aliphatic heterocycles. The fourth-order valence-corrected chi connectivity index (χ4v) is 2.28. The highest BCUT2D eigenvalue weighted by Gasteiger charge is 2.29. The maximum atomic E-state index is 12.3. The summed E-state index contributed by atoms with van der Waals surface area (Å²) < 4.78 is 5.03. The van der Waals surface area contributed by atoms with Crippen LogP contribution < -0.4 is 15.4 Å². The number of hydrogen-bond donors (Lipinski definition) is 3. The van der Waals surface area contributed by atoms with Crippen LogP contribution in [0.15, 0.2) is 48.5 Å². The fourth-order valence-electron chi connectivity index (χ4n) is 2.28. The lowest BCUT2D eigenvalue weighted by Gasteiger charge is -2.08. The van der Waals surface area contributed by atoms with E-state index in [1.807, 2.05) is 0 Å². The molecule has 2 amide bonds. The smallest absolute Gasteiger partial charge is 0.341 e. The van der Waals surface area contributed by atoms with Gasteiger partial charge in [-0.1, -0.05) is 0 Å². The highest BCUT2D eigenvalue weighted by molar-refractivity contribution is 6.04. The maximum Gasteiger partial charge on any atom is 0.341 e. The number of carboxylic acids is 1. The van der Waals surface area contributed by atoms with Crippen molar-refractivity contribution in [2.24, 2.45) is 5.92 Å². The monoisotopic (exact) mass is 354 g/mol. The Bertz CT molecular complexity index is 811. The lowest BCUT2D eigenvalue weighted by Crippen LogP contribution is -2.14. The van der Waals surface area contributed by atoms with Crippen molar-refractivity contribution < 1.29 is 24.2 Å². The first-order chi connectivity index (χ1) is 12.5. The first-order valence-electron chi connectivity index (χ1n) is 8.18. The molecule has 0 atom stereocenters. The number of ether oxygens (including phenoxy) is 1. The van der Waals surface area contributed by atoms with Gasteiger partial charge in [0.1, 0.15) is 5.75 Å². The Balaban J connectivity index is 1.55. The van der Waals surface area contributed by atoms with Crippen molar-refractivity contribution in [3.63, 3.8) is 0 Å². The van der Waals surface area contributed by atoms with E-state index < -0.39 is 12.6 Å². The van der Waals surface area contributed by atoms with Gasteiger partial charge in [0.2, 0.25) is 5.91 Å². The molecule has 1 aliphatic rings. The van der Waals surface area contributed by atoms with E-state index in [0.29, 0.717) is 22.7 Å². The summed E-state index contributed by atoms with van der Waals surface area (Å²) in [5.41, 5.74) is 1.68. The summed E-state index contributed by atoms with van der Waals surface area (Å²) in [4.78, 5) is 34.4. The summed E-state index contributed by atoms with van der Waals surface area (Å²) in [7, 11) is 0. The zero-order valence-corrected chi connectivity index (χ0v) is 13.9. The van der Waals surface area contributed by atoms with E-state index in [0.717, 1.165) is 12.8 Å². The predicted molar refractivity (Wildman–Crippen MR) is 95.3 cm³/mol. The van der Waals surface area contributed by atoms with Crippen LogP contribution in [0.1, 0.15) is 23.2 Å². The van der Waals surface area contributed by atoms with Crippen LogP contribution in [-0.2, 0) is 9.59 Å². The molecule has 0 saturated heterocycles. The Kier molecular flexibility index (Phi) is 5.17. The molecule has 26 heavy (non-hydrogen) atoms. The van der Waals surface area contributed by atoms with Gasteiger partial charge in [-0.3, -0.25) is 9.59 Å². The van der Waals surface area contributed by atoms with Gasteiger partial charge in [0.25, 0.3) is 5.91 Å². The van der Waals surface area contributed by atoms with Crippen LogP contribution in [0.4, 0.5) is 11.4 Å². The van der Waals surface area contributed by atoms with Gasteiger partial charge in [-0.2, -0.15) is 0 Å². The average Bonchev–Trinajstić information content (AvgIpc) is 3.47. The van der Waals surface area contributed by atoms with E-state index in [2.05, 4.69) is 10.6 Å². The zero-order chi connectivity index (χ0) is 18.5. The highest BCUT2D eigenvalue weighted by Crippen LogP contribution is 2.30. The minimum Gasteiger partial charge on any atom is -0.482 e. The van der Waals surface area contributed by atoms with E-state index in [1.54, 1.807) is 48.5 Å². The summed E-state index contributed by atoms with van der Waals surface area (Å²) >= 11 is 0. The number of anilines is 2. The Morgan fingerprint density at radius 3 is 2.08 bits per heavy atom. The molecule has 7 nitrogen and oxygen atoms in total. The van der Waals surface area contributed by atoms with Crippen molar-refractivity contribution in [1.82, 2.24) is 0 Å². The zero-order valence-electron chi connectivity index (χ0n) is 13.9. The van der Waals surface area contributed by atoms with Gasteiger partial charge in [0.15, 0.2) is 6.61 Å². The summed E-state index contributed by atoms with van der Waals surface area (Å²) in [5.74, 6) is -0.794. The van der Waals surface area contributed by atoms with Gasteiger partial charge in [-0.15, -0.1) is 0 Å². The molecule has 0 bridgehead atoms. The molecule has 3 rings (SSSR count). The Morgan fingerprint density at radius 1 is 0.923 bits per heavy atom. The van der Waals surface area contributed by atoms with E-state index in [4.69, 9.17) is 9.84 Å². The third-order valence-electron chi connectivity index (χ3n) is 3.84. The summed E-state index contributed by atoms with van der Waals surface area (Å²) in [6.07, 6.45) is 1.87. The second-order valence-corrected chi connectivity index (χ2v) is 6.00. The Labute approximate surface area is 150 Å².